The van der Waals surface area contributed by atoms with E-state index >= 15 is 0 Å². The number of amides is 3. The lowest BCUT2D eigenvalue weighted by atomic mass is 9.68. The largest absolute Gasteiger partial charge is 0.497 e. The van der Waals surface area contributed by atoms with Crippen molar-refractivity contribution in [1.29, 1.82) is 0 Å². The van der Waals surface area contributed by atoms with Crippen LogP contribution in [0.3, 0.4) is 0 Å². The third-order valence-electron chi connectivity index (χ3n) is 9.49. The molecule has 11 nitrogen and oxygen atoms in total. The topological polar surface area (TPSA) is 155 Å². The molecule has 2 aliphatic carbocycles. The van der Waals surface area contributed by atoms with Crippen LogP contribution in [0.5, 0.6) is 11.5 Å². The van der Waals surface area contributed by atoms with Gasteiger partial charge in [0.2, 0.25) is 11.8 Å². The van der Waals surface area contributed by atoms with Crippen LogP contribution in [-0.4, -0.2) is 63.7 Å². The second kappa shape index (κ2) is 10.8. The number of methoxy groups -OCH3 is 1. The Morgan fingerprint density at radius 2 is 1.77 bits per heavy atom. The summed E-state index contributed by atoms with van der Waals surface area (Å²) in [7, 11) is 1.57. The number of thioether (sulfide) groups is 1. The lowest BCUT2D eigenvalue weighted by Gasteiger charge is -2.43. The van der Waals surface area contributed by atoms with E-state index in [0.29, 0.717) is 23.6 Å². The minimum atomic E-state index is -1.23. The summed E-state index contributed by atoms with van der Waals surface area (Å²) in [4.78, 5) is 68.9. The lowest BCUT2D eigenvalue weighted by molar-refractivity contribution is -0.154. The number of ether oxygens (including phenoxy) is 2. The minimum Gasteiger partial charge on any atom is -0.497 e. The zero-order valence-corrected chi connectivity index (χ0v) is 25.4. The Kier molecular flexibility index (Phi) is 7.04. The number of thiazole rings is 1. The molecule has 2 aromatic carbocycles. The van der Waals surface area contributed by atoms with Crippen LogP contribution >= 0.6 is 23.1 Å². The predicted octanol–water partition coefficient (Wildman–Crippen LogP) is 3.41. The summed E-state index contributed by atoms with van der Waals surface area (Å²) in [6.07, 6.45) is 0.674. The van der Waals surface area contributed by atoms with Gasteiger partial charge in [0.25, 0.3) is 5.91 Å². The van der Waals surface area contributed by atoms with Gasteiger partial charge in [0.1, 0.15) is 17.5 Å². The van der Waals surface area contributed by atoms with Gasteiger partial charge in [0, 0.05) is 27.3 Å². The van der Waals surface area contributed by atoms with Gasteiger partial charge in [-0.05, 0) is 61.4 Å². The SMILES string of the molecule is COc1ccc(NC(=O)COc2ccccc2[C@H]2c3sc(=O)[nH]c3SC3C4CC(C5C(=O)N(C(C)C(=O)O)C(=O)C45)C32)cc1. The maximum absolute atomic E-state index is 13.6. The van der Waals surface area contributed by atoms with Crippen LogP contribution in [-0.2, 0) is 19.2 Å². The van der Waals surface area contributed by atoms with Crippen LogP contribution in [0.4, 0.5) is 5.69 Å². The van der Waals surface area contributed by atoms with E-state index in [-0.39, 0.29) is 46.3 Å². The van der Waals surface area contributed by atoms with Gasteiger partial charge < -0.3 is 24.9 Å². The number of para-hydroxylation sites is 1. The van der Waals surface area contributed by atoms with Gasteiger partial charge in [-0.25, -0.2) is 4.79 Å². The number of hydrogen-bond donors (Lipinski definition) is 3. The van der Waals surface area contributed by atoms with Crippen molar-refractivity contribution in [3.63, 3.8) is 0 Å². The molecule has 13 heteroatoms. The van der Waals surface area contributed by atoms with E-state index in [4.69, 9.17) is 9.47 Å². The normalized spacial score (nSPS) is 28.7. The van der Waals surface area contributed by atoms with E-state index in [9.17, 15) is 29.1 Å². The van der Waals surface area contributed by atoms with E-state index in [1.54, 1.807) is 49.2 Å². The summed E-state index contributed by atoms with van der Waals surface area (Å²) < 4.78 is 11.3. The van der Waals surface area contributed by atoms with E-state index in [2.05, 4.69) is 10.3 Å². The number of rotatable bonds is 8. The maximum Gasteiger partial charge on any atom is 0.326 e. The number of imide groups is 1. The number of carbonyl (C=O) groups is 4. The van der Waals surface area contributed by atoms with Crippen molar-refractivity contribution in [3.8, 4) is 11.5 Å². The Morgan fingerprint density at radius 1 is 1.07 bits per heavy atom. The van der Waals surface area contributed by atoms with Crippen LogP contribution in [0.1, 0.15) is 29.7 Å². The number of likely N-dealkylation sites (tertiary alicyclic amines) is 1. The average Bonchev–Trinajstić information content (AvgIpc) is 3.75. The second-order valence-electron chi connectivity index (χ2n) is 11.6. The molecule has 44 heavy (non-hydrogen) atoms. The molecule has 1 saturated heterocycles. The summed E-state index contributed by atoms with van der Waals surface area (Å²) in [5, 5.41) is 13.1. The lowest BCUT2D eigenvalue weighted by Crippen LogP contribution is -2.44. The van der Waals surface area contributed by atoms with Crippen LogP contribution in [0.2, 0.25) is 0 Å². The first-order valence-corrected chi connectivity index (χ1v) is 16.0. The first-order valence-electron chi connectivity index (χ1n) is 14.3. The summed E-state index contributed by atoms with van der Waals surface area (Å²) in [6, 6.07) is 13.1. The Hall–Kier alpha value is -4.10. The number of H-pyrrole nitrogens is 1. The van der Waals surface area contributed by atoms with Crippen LogP contribution in [0.15, 0.2) is 58.4 Å². The maximum atomic E-state index is 13.6. The molecule has 3 heterocycles. The van der Waals surface area contributed by atoms with Gasteiger partial charge in [0.15, 0.2) is 6.61 Å². The molecule has 3 N–H and O–H groups in total. The van der Waals surface area contributed by atoms with Crippen molar-refractivity contribution < 1.29 is 33.8 Å². The molecule has 8 atom stereocenters. The van der Waals surface area contributed by atoms with Gasteiger partial charge >= 0.3 is 10.8 Å². The van der Waals surface area contributed by atoms with Crippen LogP contribution in [0.25, 0.3) is 0 Å². The highest BCUT2D eigenvalue weighted by Gasteiger charge is 2.70. The number of aromatic amines is 1. The molecule has 2 saturated carbocycles. The van der Waals surface area contributed by atoms with Gasteiger partial charge in [-0.2, -0.15) is 0 Å². The van der Waals surface area contributed by atoms with Gasteiger partial charge in [-0.15, -0.1) is 11.8 Å². The summed E-state index contributed by atoms with van der Waals surface area (Å²) in [5.74, 6) is -3.11. The molecule has 7 unspecified atom stereocenters. The monoisotopic (exact) mass is 635 g/mol. The van der Waals surface area contributed by atoms with Crippen molar-refractivity contribution in [2.24, 2.45) is 29.6 Å². The number of benzene rings is 2. The Bertz CT molecular complexity index is 1740. The highest BCUT2D eigenvalue weighted by molar-refractivity contribution is 8.00. The number of nitrogens with zero attached hydrogens (tertiary/aromatic N) is 1. The number of aromatic nitrogens is 1. The van der Waals surface area contributed by atoms with Crippen molar-refractivity contribution in [1.82, 2.24) is 9.88 Å². The molecule has 0 radical (unpaired) electrons. The second-order valence-corrected chi connectivity index (χ2v) is 13.8. The molecule has 2 bridgehead atoms. The summed E-state index contributed by atoms with van der Waals surface area (Å²) >= 11 is 2.67. The molecular formula is C31H29N3O8S2. The van der Waals surface area contributed by atoms with Gasteiger partial charge in [0.05, 0.1) is 24.0 Å². The predicted molar refractivity (Wildman–Crippen MR) is 161 cm³/mol. The van der Waals surface area contributed by atoms with E-state index in [1.165, 1.54) is 6.92 Å². The first kappa shape index (κ1) is 28.7. The molecule has 1 aromatic heterocycles. The highest BCUT2D eigenvalue weighted by atomic mass is 32.2. The number of fused-ring (bicyclic) bond motifs is 9. The number of hydrogen-bond acceptors (Lipinski definition) is 9. The smallest absolute Gasteiger partial charge is 0.326 e. The van der Waals surface area contributed by atoms with Crippen molar-refractivity contribution >= 4 is 52.5 Å². The first-order chi connectivity index (χ1) is 21.2. The molecule has 3 fully saturated rings. The third-order valence-corrected chi connectivity index (χ3v) is 12.1. The fourth-order valence-electron chi connectivity index (χ4n) is 7.76. The molecule has 0 spiro atoms. The summed E-state index contributed by atoms with van der Waals surface area (Å²) in [6.45, 7) is 1.12. The number of carboxylic acid groups (broad SMARTS) is 1. The van der Waals surface area contributed by atoms with Crippen molar-refractivity contribution in [2.75, 3.05) is 19.0 Å². The fraction of sp³-hybridized carbons (Fsp3) is 0.387. The fourth-order valence-corrected chi connectivity index (χ4v) is 10.6. The zero-order chi connectivity index (χ0) is 30.9. The molecule has 2 aliphatic heterocycles. The van der Waals surface area contributed by atoms with Crippen molar-refractivity contribution in [2.45, 2.75) is 35.6 Å². The van der Waals surface area contributed by atoms with Gasteiger partial charge in [-0.3, -0.25) is 24.1 Å². The van der Waals surface area contributed by atoms with Gasteiger partial charge in [-0.1, -0.05) is 29.5 Å². The Balaban J connectivity index is 1.20. The molecule has 3 aromatic rings. The van der Waals surface area contributed by atoms with E-state index in [1.807, 2.05) is 18.2 Å². The number of nitrogens with one attached hydrogen (secondary N) is 2. The summed E-state index contributed by atoms with van der Waals surface area (Å²) in [5.41, 5.74) is 1.40. The van der Waals surface area contributed by atoms with Crippen LogP contribution < -0.4 is 19.7 Å². The number of aliphatic carboxylic acids is 1. The number of carboxylic acids is 1. The van der Waals surface area contributed by atoms with E-state index < -0.39 is 35.7 Å². The highest BCUT2D eigenvalue weighted by Crippen LogP contribution is 2.69. The molecule has 228 valence electrons. The minimum absolute atomic E-state index is 0.0627. The molecule has 3 amide bonds. The standard InChI is InChI=1S/C31H29N3O8S2/c1-13(30(38)39)34-28(36)23-17-11-18(24(23)29(34)37)25-22(17)21(26-27(43-25)33-31(40)44-26)16-5-3-4-6-19(16)42-12-20(35)32-14-7-9-15(41-2)10-8-14/h3-10,13,17-18,21-25H,11-12H2,1-2H3,(H,32,35)(H,33,40)(H,38,39)/t13?,17?,18?,21-,22?,23?,24?,25?/m1/s1. The third kappa shape index (κ3) is 4.43. The Labute approximate surface area is 259 Å². The molecular weight excluding hydrogens is 606 g/mol. The Morgan fingerprint density at radius 3 is 2.48 bits per heavy atom. The van der Waals surface area contributed by atoms with Crippen LogP contribution in [0, 0.1) is 29.6 Å². The molecule has 7 rings (SSSR count). The average molecular weight is 636 g/mol. The quantitative estimate of drug-likeness (QED) is 0.316. The van der Waals surface area contributed by atoms with E-state index in [0.717, 1.165) is 31.7 Å². The zero-order valence-electron chi connectivity index (χ0n) is 23.7. The number of carbonyl (C=O) groups excluding carboxylic acids is 3. The number of anilines is 1. The molecule has 4 aliphatic rings. The van der Waals surface area contributed by atoms with Crippen molar-refractivity contribution in [3.05, 3.63) is 68.6 Å².